The van der Waals surface area contributed by atoms with Crippen molar-refractivity contribution in [3.63, 3.8) is 0 Å². The van der Waals surface area contributed by atoms with Crippen molar-refractivity contribution in [2.75, 3.05) is 0 Å². The van der Waals surface area contributed by atoms with E-state index in [4.69, 9.17) is 0 Å². The van der Waals surface area contributed by atoms with Gasteiger partial charge in [0.25, 0.3) is 17.5 Å². The van der Waals surface area contributed by atoms with Crippen molar-refractivity contribution in [1.29, 1.82) is 0 Å². The molecule has 0 unspecified atom stereocenters. The zero-order chi connectivity index (χ0) is 21.5. The maximum atomic E-state index is 13.4. The molecule has 0 atom stereocenters. The summed E-state index contributed by atoms with van der Waals surface area (Å²) >= 11 is 0. The highest BCUT2D eigenvalue weighted by molar-refractivity contribution is 6.07. The molecular formula is C23H22N4O4. The van der Waals surface area contributed by atoms with E-state index in [9.17, 15) is 19.7 Å². The maximum Gasteiger partial charge on any atom is 0.270 e. The van der Waals surface area contributed by atoms with Gasteiger partial charge >= 0.3 is 0 Å². The number of amides is 2. The average molecular weight is 418 g/mol. The van der Waals surface area contributed by atoms with Crippen molar-refractivity contribution in [2.24, 2.45) is 0 Å². The van der Waals surface area contributed by atoms with Gasteiger partial charge in [-0.3, -0.25) is 19.7 Å². The monoisotopic (exact) mass is 418 g/mol. The van der Waals surface area contributed by atoms with Gasteiger partial charge in [0, 0.05) is 53.4 Å². The van der Waals surface area contributed by atoms with E-state index in [1.807, 2.05) is 17.0 Å². The fourth-order valence-electron chi connectivity index (χ4n) is 3.76. The van der Waals surface area contributed by atoms with Crippen LogP contribution in [-0.4, -0.2) is 38.7 Å². The van der Waals surface area contributed by atoms with Crippen LogP contribution in [0.3, 0.4) is 0 Å². The predicted molar refractivity (Wildman–Crippen MR) is 115 cm³/mol. The van der Waals surface area contributed by atoms with Crippen molar-refractivity contribution < 1.29 is 14.5 Å². The summed E-state index contributed by atoms with van der Waals surface area (Å²) in [4.78, 5) is 41.1. The minimum atomic E-state index is -0.458. The Morgan fingerprint density at radius 2 is 1.84 bits per heavy atom. The molecular weight excluding hydrogens is 396 g/mol. The molecule has 8 heteroatoms. The highest BCUT2D eigenvalue weighted by atomic mass is 16.6. The standard InChI is InChI=1S/C23H22N4O4/c28-22(25-16-5-6-16)15-3-1-14(2-4-15)13-26(17-7-8-17)23(29)20-12-24-21-10-9-18(27(30)31)11-19(20)21/h1-4,9-12,16-17,24H,5-8,13H2,(H,25,28). The number of nitro groups is 1. The Bertz CT molecular complexity index is 1180. The molecule has 158 valence electrons. The fourth-order valence-corrected chi connectivity index (χ4v) is 3.76. The fraction of sp³-hybridized carbons (Fsp3) is 0.304. The van der Waals surface area contributed by atoms with Crippen LogP contribution in [0, 0.1) is 10.1 Å². The first-order chi connectivity index (χ1) is 15.0. The molecule has 0 radical (unpaired) electrons. The number of hydrogen-bond donors (Lipinski definition) is 2. The minimum Gasteiger partial charge on any atom is -0.360 e. The number of carbonyl (C=O) groups excluding carboxylic acids is 2. The first-order valence-corrected chi connectivity index (χ1v) is 10.5. The van der Waals surface area contributed by atoms with E-state index in [2.05, 4.69) is 10.3 Å². The zero-order valence-corrected chi connectivity index (χ0v) is 16.8. The van der Waals surface area contributed by atoms with Crippen LogP contribution in [0.2, 0.25) is 0 Å². The third-order valence-electron chi connectivity index (χ3n) is 5.84. The van der Waals surface area contributed by atoms with Gasteiger partial charge in [-0.05, 0) is 49.4 Å². The number of aromatic nitrogens is 1. The first-order valence-electron chi connectivity index (χ1n) is 10.5. The van der Waals surface area contributed by atoms with Gasteiger partial charge in [-0.1, -0.05) is 12.1 Å². The quantitative estimate of drug-likeness (QED) is 0.450. The molecule has 0 aliphatic heterocycles. The van der Waals surface area contributed by atoms with E-state index in [0.717, 1.165) is 31.2 Å². The maximum absolute atomic E-state index is 13.4. The number of benzene rings is 2. The predicted octanol–water partition coefficient (Wildman–Crippen LogP) is 3.77. The number of rotatable bonds is 7. The summed E-state index contributed by atoms with van der Waals surface area (Å²) in [6, 6.07) is 12.3. The van der Waals surface area contributed by atoms with Crippen LogP contribution in [-0.2, 0) is 6.54 Å². The number of nitrogens with one attached hydrogen (secondary N) is 2. The summed E-state index contributed by atoms with van der Waals surface area (Å²) < 4.78 is 0. The molecule has 0 spiro atoms. The molecule has 2 amide bonds. The molecule has 5 rings (SSSR count). The van der Waals surface area contributed by atoms with Crippen molar-refractivity contribution in [2.45, 2.75) is 44.3 Å². The summed E-state index contributed by atoms with van der Waals surface area (Å²) in [5.74, 6) is -0.214. The second-order valence-corrected chi connectivity index (χ2v) is 8.30. The Morgan fingerprint density at radius 1 is 1.10 bits per heavy atom. The Kier molecular flexibility index (Phi) is 4.69. The normalized spacial score (nSPS) is 15.6. The number of H-pyrrole nitrogens is 1. The molecule has 1 aromatic heterocycles. The number of aromatic amines is 1. The molecule has 8 nitrogen and oxygen atoms in total. The van der Waals surface area contributed by atoms with Crippen LogP contribution in [0.1, 0.15) is 52.0 Å². The van der Waals surface area contributed by atoms with Gasteiger partial charge in [-0.25, -0.2) is 0 Å². The van der Waals surface area contributed by atoms with Crippen molar-refractivity contribution in [3.8, 4) is 0 Å². The third-order valence-corrected chi connectivity index (χ3v) is 5.84. The zero-order valence-electron chi connectivity index (χ0n) is 16.8. The average Bonchev–Trinajstić information content (AvgIpc) is 3.70. The largest absolute Gasteiger partial charge is 0.360 e. The number of nitrogens with zero attached hydrogens (tertiary/aromatic N) is 2. The summed E-state index contributed by atoms with van der Waals surface area (Å²) in [5, 5.41) is 14.7. The van der Waals surface area contributed by atoms with Gasteiger partial charge in [0.1, 0.15) is 0 Å². The lowest BCUT2D eigenvalue weighted by Gasteiger charge is -2.22. The lowest BCUT2D eigenvalue weighted by molar-refractivity contribution is -0.384. The van der Waals surface area contributed by atoms with Crippen molar-refractivity contribution in [1.82, 2.24) is 15.2 Å². The van der Waals surface area contributed by atoms with Crippen molar-refractivity contribution >= 4 is 28.4 Å². The Hall–Kier alpha value is -3.68. The van der Waals surface area contributed by atoms with E-state index >= 15 is 0 Å². The molecule has 3 aromatic rings. The highest BCUT2D eigenvalue weighted by Crippen LogP contribution is 2.32. The molecule has 2 aromatic carbocycles. The van der Waals surface area contributed by atoms with E-state index < -0.39 is 4.92 Å². The van der Waals surface area contributed by atoms with Crippen LogP contribution in [0.5, 0.6) is 0 Å². The molecule has 2 N–H and O–H groups in total. The Labute approximate surface area is 178 Å². The topological polar surface area (TPSA) is 108 Å². The van der Waals surface area contributed by atoms with Gasteiger partial charge in [0.2, 0.25) is 0 Å². The lowest BCUT2D eigenvalue weighted by atomic mass is 10.1. The summed E-state index contributed by atoms with van der Waals surface area (Å²) in [5.41, 5.74) is 2.64. The first kappa shape index (κ1) is 19.3. The smallest absolute Gasteiger partial charge is 0.270 e. The van der Waals surface area contributed by atoms with Gasteiger partial charge in [-0.2, -0.15) is 0 Å². The molecule has 1 heterocycles. The number of hydrogen-bond acceptors (Lipinski definition) is 4. The van der Waals surface area contributed by atoms with Gasteiger partial charge in [0.15, 0.2) is 0 Å². The van der Waals surface area contributed by atoms with Crippen LogP contribution in [0.4, 0.5) is 5.69 Å². The number of non-ortho nitro benzene ring substituents is 1. The molecule has 2 aliphatic carbocycles. The summed E-state index contributed by atoms with van der Waals surface area (Å²) in [6.45, 7) is 0.426. The van der Waals surface area contributed by atoms with E-state index in [0.29, 0.717) is 34.6 Å². The summed E-state index contributed by atoms with van der Waals surface area (Å²) in [7, 11) is 0. The SMILES string of the molecule is O=C(NC1CC1)c1ccc(CN(C(=O)c2c[nH]c3ccc([N+](=O)[O-])cc23)C2CC2)cc1. The molecule has 0 saturated heterocycles. The van der Waals surface area contributed by atoms with Crippen LogP contribution < -0.4 is 5.32 Å². The number of fused-ring (bicyclic) bond motifs is 1. The van der Waals surface area contributed by atoms with Gasteiger partial charge in [0.05, 0.1) is 10.5 Å². The molecule has 2 fully saturated rings. The second-order valence-electron chi connectivity index (χ2n) is 8.30. The highest BCUT2D eigenvalue weighted by Gasteiger charge is 2.34. The van der Waals surface area contributed by atoms with E-state index in [1.165, 1.54) is 12.1 Å². The lowest BCUT2D eigenvalue weighted by Crippen LogP contribution is -2.32. The Morgan fingerprint density at radius 3 is 2.48 bits per heavy atom. The van der Waals surface area contributed by atoms with Gasteiger partial charge in [-0.15, -0.1) is 0 Å². The molecule has 2 saturated carbocycles. The Balaban J connectivity index is 1.37. The summed E-state index contributed by atoms with van der Waals surface area (Å²) in [6.07, 6.45) is 5.59. The van der Waals surface area contributed by atoms with Crippen LogP contribution >= 0.6 is 0 Å². The minimum absolute atomic E-state index is 0.0424. The second kappa shape index (κ2) is 7.54. The number of nitro benzene ring substituents is 1. The number of carbonyl (C=O) groups is 2. The van der Waals surface area contributed by atoms with Gasteiger partial charge < -0.3 is 15.2 Å². The third kappa shape index (κ3) is 4.01. The molecule has 31 heavy (non-hydrogen) atoms. The molecule has 2 aliphatic rings. The van der Waals surface area contributed by atoms with E-state index in [-0.39, 0.29) is 23.5 Å². The van der Waals surface area contributed by atoms with Crippen LogP contribution in [0.15, 0.2) is 48.7 Å². The molecule has 0 bridgehead atoms. The van der Waals surface area contributed by atoms with E-state index in [1.54, 1.807) is 24.4 Å². The van der Waals surface area contributed by atoms with Crippen molar-refractivity contribution in [3.05, 3.63) is 75.5 Å². The van der Waals surface area contributed by atoms with Crippen LogP contribution in [0.25, 0.3) is 10.9 Å².